The summed E-state index contributed by atoms with van der Waals surface area (Å²) in [4.78, 5) is 16.2. The SMILES string of the molecule is O=C1CC(c2cccnc2)Oc2ccc(I)cc21. The van der Waals surface area contributed by atoms with Gasteiger partial charge in [0.1, 0.15) is 11.9 Å². The van der Waals surface area contributed by atoms with Gasteiger partial charge in [-0.3, -0.25) is 9.78 Å². The minimum Gasteiger partial charge on any atom is -0.484 e. The minimum atomic E-state index is -0.223. The molecule has 0 radical (unpaired) electrons. The Labute approximate surface area is 118 Å². The van der Waals surface area contributed by atoms with Crippen LogP contribution in [0.1, 0.15) is 28.4 Å². The van der Waals surface area contributed by atoms with Crippen molar-refractivity contribution in [1.29, 1.82) is 0 Å². The number of rotatable bonds is 1. The first-order valence-corrected chi connectivity index (χ1v) is 6.71. The molecule has 1 aliphatic rings. The molecule has 0 N–H and O–H groups in total. The fraction of sp³-hybridized carbons (Fsp3) is 0.143. The van der Waals surface area contributed by atoms with Gasteiger partial charge in [-0.15, -0.1) is 0 Å². The van der Waals surface area contributed by atoms with E-state index in [1.54, 1.807) is 12.4 Å². The maximum Gasteiger partial charge on any atom is 0.170 e. The van der Waals surface area contributed by atoms with E-state index in [4.69, 9.17) is 4.74 Å². The topological polar surface area (TPSA) is 39.2 Å². The number of fused-ring (bicyclic) bond motifs is 1. The number of pyridine rings is 1. The smallest absolute Gasteiger partial charge is 0.170 e. The van der Waals surface area contributed by atoms with Gasteiger partial charge in [0, 0.05) is 21.5 Å². The first kappa shape index (κ1) is 11.6. The second kappa shape index (κ2) is 4.68. The quantitative estimate of drug-likeness (QED) is 0.740. The number of benzene rings is 1. The molecule has 1 unspecified atom stereocenters. The van der Waals surface area contributed by atoms with Gasteiger partial charge in [-0.05, 0) is 46.9 Å². The summed E-state index contributed by atoms with van der Waals surface area (Å²) < 4.78 is 6.92. The molecule has 0 saturated heterocycles. The van der Waals surface area contributed by atoms with Crippen LogP contribution in [0.2, 0.25) is 0 Å². The molecule has 1 aromatic heterocycles. The molecule has 1 aromatic carbocycles. The molecule has 2 aromatic rings. The molecule has 0 fully saturated rings. The van der Waals surface area contributed by atoms with E-state index in [1.165, 1.54) is 0 Å². The third-order valence-electron chi connectivity index (χ3n) is 2.94. The number of nitrogens with zero attached hydrogens (tertiary/aromatic N) is 1. The molecule has 4 heteroatoms. The monoisotopic (exact) mass is 351 g/mol. The Morgan fingerprint density at radius 1 is 1.33 bits per heavy atom. The zero-order valence-electron chi connectivity index (χ0n) is 9.47. The summed E-state index contributed by atoms with van der Waals surface area (Å²) in [5.41, 5.74) is 1.62. The lowest BCUT2D eigenvalue weighted by atomic mass is 9.97. The molecular weight excluding hydrogens is 341 g/mol. The highest BCUT2D eigenvalue weighted by atomic mass is 127. The van der Waals surface area contributed by atoms with E-state index in [0.717, 1.165) is 9.13 Å². The molecule has 3 rings (SSSR count). The number of ketones is 1. The normalized spacial score (nSPS) is 18.1. The fourth-order valence-electron chi connectivity index (χ4n) is 2.05. The van der Waals surface area contributed by atoms with Crippen molar-refractivity contribution >= 4 is 28.4 Å². The molecular formula is C14H10INO2. The van der Waals surface area contributed by atoms with E-state index < -0.39 is 0 Å². The molecule has 90 valence electrons. The summed E-state index contributed by atoms with van der Waals surface area (Å²) in [6, 6.07) is 9.46. The molecule has 1 atom stereocenters. The van der Waals surface area contributed by atoms with Gasteiger partial charge in [-0.1, -0.05) is 6.07 Å². The van der Waals surface area contributed by atoms with Crippen LogP contribution in [0.3, 0.4) is 0 Å². The standard InChI is InChI=1S/C14H10INO2/c15-10-3-4-13-11(6-10)12(17)7-14(18-13)9-2-1-5-16-8-9/h1-6,8,14H,7H2. The van der Waals surface area contributed by atoms with Crippen LogP contribution in [0.25, 0.3) is 0 Å². The second-order valence-corrected chi connectivity index (χ2v) is 5.41. The van der Waals surface area contributed by atoms with Crippen molar-refractivity contribution in [3.63, 3.8) is 0 Å². The highest BCUT2D eigenvalue weighted by Crippen LogP contribution is 2.35. The predicted molar refractivity (Wildman–Crippen MR) is 75.7 cm³/mol. The highest BCUT2D eigenvalue weighted by molar-refractivity contribution is 14.1. The molecule has 18 heavy (non-hydrogen) atoms. The van der Waals surface area contributed by atoms with E-state index in [1.807, 2.05) is 30.3 Å². The van der Waals surface area contributed by atoms with Gasteiger partial charge in [-0.25, -0.2) is 0 Å². The van der Waals surface area contributed by atoms with Gasteiger partial charge < -0.3 is 4.74 Å². The van der Waals surface area contributed by atoms with Gasteiger partial charge in [0.05, 0.1) is 12.0 Å². The van der Waals surface area contributed by atoms with Gasteiger partial charge in [0.15, 0.2) is 5.78 Å². The number of carbonyl (C=O) groups is 1. The lowest BCUT2D eigenvalue weighted by Crippen LogP contribution is -2.20. The number of hydrogen-bond donors (Lipinski definition) is 0. The number of Topliss-reactive ketones (excluding diaryl/α,β-unsaturated/α-hetero) is 1. The van der Waals surface area contributed by atoms with Crippen molar-refractivity contribution in [2.45, 2.75) is 12.5 Å². The Morgan fingerprint density at radius 2 is 2.22 bits per heavy atom. The molecule has 0 saturated carbocycles. The lowest BCUT2D eigenvalue weighted by Gasteiger charge is -2.25. The predicted octanol–water partition coefficient (Wildman–Crippen LogP) is 3.39. The largest absolute Gasteiger partial charge is 0.484 e. The number of carbonyl (C=O) groups excluding carboxylic acids is 1. The third kappa shape index (κ3) is 2.12. The molecule has 0 amide bonds. The molecule has 0 spiro atoms. The first-order valence-electron chi connectivity index (χ1n) is 5.63. The summed E-state index contributed by atoms with van der Waals surface area (Å²) in [7, 11) is 0. The van der Waals surface area contributed by atoms with Gasteiger partial charge >= 0.3 is 0 Å². The van der Waals surface area contributed by atoms with Crippen molar-refractivity contribution in [1.82, 2.24) is 4.98 Å². The summed E-state index contributed by atoms with van der Waals surface area (Å²) in [5, 5.41) is 0. The maximum absolute atomic E-state index is 12.1. The zero-order valence-corrected chi connectivity index (χ0v) is 11.6. The van der Waals surface area contributed by atoms with Crippen LogP contribution in [0.15, 0.2) is 42.7 Å². The average molecular weight is 351 g/mol. The summed E-state index contributed by atoms with van der Waals surface area (Å²) in [6.45, 7) is 0. The van der Waals surface area contributed by atoms with E-state index in [0.29, 0.717) is 17.7 Å². The third-order valence-corrected chi connectivity index (χ3v) is 3.61. The van der Waals surface area contributed by atoms with Crippen molar-refractivity contribution in [3.05, 3.63) is 57.4 Å². The van der Waals surface area contributed by atoms with Crippen molar-refractivity contribution in [3.8, 4) is 5.75 Å². The molecule has 2 heterocycles. The molecule has 1 aliphatic heterocycles. The first-order chi connectivity index (χ1) is 8.74. The Hall–Kier alpha value is -1.43. The maximum atomic E-state index is 12.1. The van der Waals surface area contributed by atoms with Gasteiger partial charge in [0.2, 0.25) is 0 Å². The van der Waals surface area contributed by atoms with Crippen LogP contribution >= 0.6 is 22.6 Å². The van der Waals surface area contributed by atoms with Crippen LogP contribution in [0, 0.1) is 3.57 Å². The van der Waals surface area contributed by atoms with E-state index in [9.17, 15) is 4.79 Å². The zero-order chi connectivity index (χ0) is 12.5. The van der Waals surface area contributed by atoms with Gasteiger partial charge in [-0.2, -0.15) is 0 Å². The Morgan fingerprint density at radius 3 is 3.00 bits per heavy atom. The number of halogens is 1. The van der Waals surface area contributed by atoms with Crippen molar-refractivity contribution in [2.75, 3.05) is 0 Å². The summed E-state index contributed by atoms with van der Waals surface area (Å²) in [6.07, 6.45) is 3.61. The Bertz CT molecular complexity index is 598. The molecule has 0 bridgehead atoms. The van der Waals surface area contributed by atoms with Crippen LogP contribution in [-0.4, -0.2) is 10.8 Å². The van der Waals surface area contributed by atoms with Crippen LogP contribution < -0.4 is 4.74 Å². The highest BCUT2D eigenvalue weighted by Gasteiger charge is 2.27. The van der Waals surface area contributed by atoms with E-state index in [-0.39, 0.29) is 11.9 Å². The Balaban J connectivity index is 1.97. The number of aromatic nitrogens is 1. The average Bonchev–Trinajstić information content (AvgIpc) is 2.40. The minimum absolute atomic E-state index is 0.128. The molecule has 0 aliphatic carbocycles. The second-order valence-electron chi connectivity index (χ2n) is 4.16. The number of hydrogen-bond acceptors (Lipinski definition) is 3. The fourth-order valence-corrected chi connectivity index (χ4v) is 2.54. The van der Waals surface area contributed by atoms with Crippen LogP contribution in [-0.2, 0) is 0 Å². The molecule has 3 nitrogen and oxygen atoms in total. The van der Waals surface area contributed by atoms with Crippen LogP contribution in [0.4, 0.5) is 0 Å². The summed E-state index contributed by atoms with van der Waals surface area (Å²) >= 11 is 2.19. The van der Waals surface area contributed by atoms with E-state index >= 15 is 0 Å². The summed E-state index contributed by atoms with van der Waals surface area (Å²) in [5.74, 6) is 0.795. The Kier molecular flexibility index (Phi) is 3.03. The van der Waals surface area contributed by atoms with E-state index in [2.05, 4.69) is 27.6 Å². The lowest BCUT2D eigenvalue weighted by molar-refractivity contribution is 0.0849. The number of ether oxygens (including phenoxy) is 1. The van der Waals surface area contributed by atoms with Crippen molar-refractivity contribution < 1.29 is 9.53 Å². The van der Waals surface area contributed by atoms with Crippen LogP contribution in [0.5, 0.6) is 5.75 Å². The van der Waals surface area contributed by atoms with Crippen molar-refractivity contribution in [2.24, 2.45) is 0 Å². The van der Waals surface area contributed by atoms with Gasteiger partial charge in [0.25, 0.3) is 0 Å².